The highest BCUT2D eigenvalue weighted by molar-refractivity contribution is 5.81. The van der Waals surface area contributed by atoms with Crippen molar-refractivity contribution in [3.8, 4) is 0 Å². The van der Waals surface area contributed by atoms with Gasteiger partial charge in [-0.3, -0.25) is 9.59 Å². The topological polar surface area (TPSA) is 66.7 Å². The summed E-state index contributed by atoms with van der Waals surface area (Å²) in [7, 11) is 0. The van der Waals surface area contributed by atoms with Crippen molar-refractivity contribution in [2.24, 2.45) is 5.41 Å². The van der Waals surface area contributed by atoms with E-state index in [4.69, 9.17) is 4.42 Å². The first-order chi connectivity index (χ1) is 12.7. The first-order valence-electron chi connectivity index (χ1n) is 9.63. The Bertz CT molecular complexity index is 835. The predicted octanol–water partition coefficient (Wildman–Crippen LogP) is 3.18. The Morgan fingerprint density at radius 2 is 1.74 bits per heavy atom. The lowest BCUT2D eigenvalue weighted by atomic mass is 9.91. The molecule has 0 atom stereocenters. The largest absolute Gasteiger partial charge is 0.441 e. The number of aromatic nitrogens is 1. The van der Waals surface area contributed by atoms with Gasteiger partial charge in [0.25, 0.3) is 0 Å². The van der Waals surface area contributed by atoms with E-state index in [1.54, 1.807) is 0 Å². The van der Waals surface area contributed by atoms with Crippen LogP contribution in [-0.4, -0.2) is 52.8 Å². The number of rotatable bonds is 3. The fourth-order valence-electron chi connectivity index (χ4n) is 3.46. The number of nitrogens with zero attached hydrogens (tertiary/aromatic N) is 3. The second kappa shape index (κ2) is 7.71. The van der Waals surface area contributed by atoms with Gasteiger partial charge in [0.1, 0.15) is 5.52 Å². The van der Waals surface area contributed by atoms with E-state index in [9.17, 15) is 9.59 Å². The summed E-state index contributed by atoms with van der Waals surface area (Å²) in [5.41, 5.74) is 2.43. The summed E-state index contributed by atoms with van der Waals surface area (Å²) in [6.45, 7) is 10.7. The normalized spacial score (nSPS) is 15.9. The lowest BCUT2D eigenvalue weighted by Crippen LogP contribution is -2.38. The molecule has 0 unspecified atom stereocenters. The van der Waals surface area contributed by atoms with Crippen molar-refractivity contribution in [1.82, 2.24) is 14.8 Å². The van der Waals surface area contributed by atoms with Gasteiger partial charge in [-0.2, -0.15) is 0 Å². The Balaban J connectivity index is 1.59. The predicted molar refractivity (Wildman–Crippen MR) is 104 cm³/mol. The average Bonchev–Trinajstić information content (AvgIpc) is 2.78. The smallest absolute Gasteiger partial charge is 0.227 e. The van der Waals surface area contributed by atoms with Gasteiger partial charge in [-0.05, 0) is 29.5 Å². The van der Waals surface area contributed by atoms with Crippen molar-refractivity contribution in [1.29, 1.82) is 0 Å². The van der Waals surface area contributed by atoms with E-state index in [-0.39, 0.29) is 17.2 Å². The monoisotopic (exact) mass is 371 g/mol. The maximum absolute atomic E-state index is 12.7. The molecule has 0 N–H and O–H groups in total. The standard InChI is InChI=1S/C21H29N3O3/c1-15-22-17-7-6-16(12-18(17)27-15)13-19(25)23-8-5-9-24(11-10-23)20(26)14-21(2,3)4/h6-7,12H,5,8-11,13-14H2,1-4H3. The Labute approximate surface area is 160 Å². The van der Waals surface area contributed by atoms with Gasteiger partial charge in [0.2, 0.25) is 11.8 Å². The van der Waals surface area contributed by atoms with Crippen molar-refractivity contribution in [3.63, 3.8) is 0 Å². The molecule has 6 heteroatoms. The van der Waals surface area contributed by atoms with E-state index >= 15 is 0 Å². The van der Waals surface area contributed by atoms with Crippen molar-refractivity contribution in [3.05, 3.63) is 29.7 Å². The zero-order valence-electron chi connectivity index (χ0n) is 16.7. The van der Waals surface area contributed by atoms with Crippen molar-refractivity contribution >= 4 is 22.9 Å². The van der Waals surface area contributed by atoms with E-state index in [1.807, 2.05) is 34.9 Å². The molecule has 0 bridgehead atoms. The van der Waals surface area contributed by atoms with Crippen LogP contribution in [-0.2, 0) is 16.0 Å². The van der Waals surface area contributed by atoms with Crippen LogP contribution in [0.1, 0.15) is 45.1 Å². The van der Waals surface area contributed by atoms with Crippen LogP contribution in [0.3, 0.4) is 0 Å². The number of aryl methyl sites for hydroxylation is 1. The number of oxazole rings is 1. The van der Waals surface area contributed by atoms with Crippen LogP contribution in [0.25, 0.3) is 11.1 Å². The van der Waals surface area contributed by atoms with Gasteiger partial charge in [0.15, 0.2) is 11.5 Å². The Morgan fingerprint density at radius 3 is 2.41 bits per heavy atom. The molecule has 0 spiro atoms. The molecular formula is C21H29N3O3. The molecular weight excluding hydrogens is 342 g/mol. The summed E-state index contributed by atoms with van der Waals surface area (Å²) >= 11 is 0. The van der Waals surface area contributed by atoms with E-state index in [0.717, 1.165) is 24.0 Å². The molecule has 1 fully saturated rings. The first-order valence-corrected chi connectivity index (χ1v) is 9.63. The Morgan fingerprint density at radius 1 is 1.07 bits per heavy atom. The molecule has 1 aliphatic rings. The van der Waals surface area contributed by atoms with E-state index in [0.29, 0.717) is 43.9 Å². The van der Waals surface area contributed by atoms with Crippen LogP contribution in [0.15, 0.2) is 22.6 Å². The SMILES string of the molecule is Cc1nc2ccc(CC(=O)N3CCCN(C(=O)CC(C)(C)C)CC3)cc2o1. The zero-order valence-corrected chi connectivity index (χ0v) is 16.7. The van der Waals surface area contributed by atoms with Crippen LogP contribution in [0.4, 0.5) is 0 Å². The molecule has 1 aliphatic heterocycles. The maximum atomic E-state index is 12.7. The van der Waals surface area contributed by atoms with Crippen LogP contribution in [0, 0.1) is 12.3 Å². The van der Waals surface area contributed by atoms with Crippen molar-refractivity contribution < 1.29 is 14.0 Å². The first kappa shape index (κ1) is 19.4. The molecule has 2 aromatic rings. The van der Waals surface area contributed by atoms with E-state index in [1.165, 1.54) is 0 Å². The number of benzene rings is 1. The highest BCUT2D eigenvalue weighted by Crippen LogP contribution is 2.21. The lowest BCUT2D eigenvalue weighted by molar-refractivity contribution is -0.134. The number of amides is 2. The molecule has 146 valence electrons. The maximum Gasteiger partial charge on any atom is 0.227 e. The molecule has 6 nitrogen and oxygen atoms in total. The summed E-state index contributed by atoms with van der Waals surface area (Å²) in [4.78, 5) is 33.3. The molecule has 1 saturated heterocycles. The number of carbonyl (C=O) groups excluding carboxylic acids is 2. The van der Waals surface area contributed by atoms with Crippen LogP contribution in [0.2, 0.25) is 0 Å². The number of hydrogen-bond acceptors (Lipinski definition) is 4. The highest BCUT2D eigenvalue weighted by atomic mass is 16.3. The third-order valence-corrected chi connectivity index (χ3v) is 4.80. The molecule has 0 aliphatic carbocycles. The fourth-order valence-corrected chi connectivity index (χ4v) is 3.46. The van der Waals surface area contributed by atoms with Gasteiger partial charge in [-0.1, -0.05) is 26.8 Å². The summed E-state index contributed by atoms with van der Waals surface area (Å²) in [6.07, 6.45) is 1.70. The summed E-state index contributed by atoms with van der Waals surface area (Å²) in [5, 5.41) is 0. The van der Waals surface area contributed by atoms with Crippen LogP contribution in [0.5, 0.6) is 0 Å². The molecule has 3 rings (SSSR count). The van der Waals surface area contributed by atoms with Gasteiger partial charge in [-0.25, -0.2) is 4.98 Å². The Hall–Kier alpha value is -2.37. The second-order valence-electron chi connectivity index (χ2n) is 8.56. The second-order valence-corrected chi connectivity index (χ2v) is 8.56. The molecule has 2 amide bonds. The Kier molecular flexibility index (Phi) is 5.53. The fraction of sp³-hybridized carbons (Fsp3) is 0.571. The third kappa shape index (κ3) is 5.08. The zero-order chi connectivity index (χ0) is 19.6. The van der Waals surface area contributed by atoms with E-state index < -0.39 is 0 Å². The van der Waals surface area contributed by atoms with E-state index in [2.05, 4.69) is 25.8 Å². The number of fused-ring (bicyclic) bond motifs is 1. The van der Waals surface area contributed by atoms with Crippen LogP contribution < -0.4 is 0 Å². The van der Waals surface area contributed by atoms with Crippen LogP contribution >= 0.6 is 0 Å². The highest BCUT2D eigenvalue weighted by Gasteiger charge is 2.25. The number of hydrogen-bond donors (Lipinski definition) is 0. The molecule has 27 heavy (non-hydrogen) atoms. The summed E-state index contributed by atoms with van der Waals surface area (Å²) in [6, 6.07) is 5.72. The minimum absolute atomic E-state index is 0.0173. The van der Waals surface area contributed by atoms with Gasteiger partial charge in [-0.15, -0.1) is 0 Å². The summed E-state index contributed by atoms with van der Waals surface area (Å²) in [5.74, 6) is 0.902. The minimum atomic E-state index is -0.0173. The third-order valence-electron chi connectivity index (χ3n) is 4.80. The van der Waals surface area contributed by atoms with Gasteiger partial charge in [0, 0.05) is 39.5 Å². The van der Waals surface area contributed by atoms with Gasteiger partial charge >= 0.3 is 0 Å². The molecule has 1 aromatic heterocycles. The van der Waals surface area contributed by atoms with Crippen molar-refractivity contribution in [2.45, 2.75) is 47.0 Å². The molecule has 0 saturated carbocycles. The lowest BCUT2D eigenvalue weighted by Gasteiger charge is -2.25. The summed E-state index contributed by atoms with van der Waals surface area (Å²) < 4.78 is 5.56. The molecule has 2 heterocycles. The van der Waals surface area contributed by atoms with Gasteiger partial charge < -0.3 is 14.2 Å². The quantitative estimate of drug-likeness (QED) is 0.831. The average molecular weight is 371 g/mol. The van der Waals surface area contributed by atoms with Gasteiger partial charge in [0.05, 0.1) is 6.42 Å². The molecule has 0 radical (unpaired) electrons. The minimum Gasteiger partial charge on any atom is -0.441 e. The van der Waals surface area contributed by atoms with Crippen molar-refractivity contribution in [2.75, 3.05) is 26.2 Å². The number of carbonyl (C=O) groups is 2. The molecule has 1 aromatic carbocycles.